The number of phenolic OH excluding ortho intramolecular Hbond substituents is 1. The van der Waals surface area contributed by atoms with Gasteiger partial charge < -0.3 is 14.4 Å². The van der Waals surface area contributed by atoms with Crippen molar-refractivity contribution in [3.8, 4) is 5.75 Å². The summed E-state index contributed by atoms with van der Waals surface area (Å²) in [5.41, 5.74) is 1.65. The molecule has 4 nitrogen and oxygen atoms in total. The minimum atomic E-state index is -0.149. The van der Waals surface area contributed by atoms with Crippen molar-refractivity contribution in [3.05, 3.63) is 89.9 Å². The maximum atomic E-state index is 12.8. The topological polar surface area (TPSA) is 53.7 Å². The summed E-state index contributed by atoms with van der Waals surface area (Å²) in [5.74, 6) is 0.714. The Hall–Kier alpha value is -2.92. The Bertz CT molecular complexity index is 902. The van der Waals surface area contributed by atoms with Gasteiger partial charge in [-0.2, -0.15) is 0 Å². The predicted molar refractivity (Wildman–Crippen MR) is 108 cm³/mol. The van der Waals surface area contributed by atoms with Crippen molar-refractivity contribution in [2.24, 2.45) is 0 Å². The number of carbonyl (C=O) groups is 1. The number of aromatic hydroxyl groups is 1. The van der Waals surface area contributed by atoms with Crippen LogP contribution in [-0.2, 0) is 17.9 Å². The molecule has 1 N–H and O–H groups in total. The van der Waals surface area contributed by atoms with Gasteiger partial charge in [0.05, 0.1) is 19.4 Å². The maximum Gasteiger partial charge on any atom is 0.247 e. The van der Waals surface area contributed by atoms with E-state index in [2.05, 4.69) is 0 Å². The van der Waals surface area contributed by atoms with Gasteiger partial charge in [-0.05, 0) is 48.2 Å². The Morgan fingerprint density at radius 3 is 2.52 bits per heavy atom. The molecule has 0 aliphatic heterocycles. The summed E-state index contributed by atoms with van der Waals surface area (Å²) in [7, 11) is 0. The van der Waals surface area contributed by atoms with Crippen LogP contribution < -0.4 is 0 Å². The maximum absolute atomic E-state index is 12.8. The lowest BCUT2D eigenvalue weighted by Crippen LogP contribution is -2.28. The third kappa shape index (κ3) is 5.28. The van der Waals surface area contributed by atoms with E-state index < -0.39 is 0 Å². The first-order valence-corrected chi connectivity index (χ1v) is 9.78. The summed E-state index contributed by atoms with van der Waals surface area (Å²) >= 11 is 1.68. The Kier molecular flexibility index (Phi) is 6.39. The highest BCUT2D eigenvalue weighted by molar-refractivity contribution is 7.98. The SMILES string of the molecule is CSc1ccc(/C=C/C(=O)N(Cc2ccco2)Cc2ccccc2O)cc1. The first kappa shape index (κ1) is 18.9. The van der Waals surface area contributed by atoms with Crippen LogP contribution in [-0.4, -0.2) is 22.2 Å². The highest BCUT2D eigenvalue weighted by Crippen LogP contribution is 2.20. The van der Waals surface area contributed by atoms with E-state index >= 15 is 0 Å². The second-order valence-corrected chi connectivity index (χ2v) is 6.89. The largest absolute Gasteiger partial charge is 0.508 e. The van der Waals surface area contributed by atoms with Crippen LogP contribution in [0.1, 0.15) is 16.9 Å². The van der Waals surface area contributed by atoms with Gasteiger partial charge in [0.2, 0.25) is 5.91 Å². The fourth-order valence-electron chi connectivity index (χ4n) is 2.64. The van der Waals surface area contributed by atoms with Gasteiger partial charge in [-0.25, -0.2) is 0 Å². The van der Waals surface area contributed by atoms with Gasteiger partial charge in [0.25, 0.3) is 0 Å². The van der Waals surface area contributed by atoms with Gasteiger partial charge in [-0.3, -0.25) is 4.79 Å². The van der Waals surface area contributed by atoms with Crippen LogP contribution in [0.15, 0.2) is 82.3 Å². The summed E-state index contributed by atoms with van der Waals surface area (Å²) in [5, 5.41) is 10.0. The number of amides is 1. The molecule has 0 unspecified atom stereocenters. The highest BCUT2D eigenvalue weighted by atomic mass is 32.2. The Morgan fingerprint density at radius 1 is 1.07 bits per heavy atom. The summed E-state index contributed by atoms with van der Waals surface area (Å²) in [6, 6.07) is 18.7. The fourth-order valence-corrected chi connectivity index (χ4v) is 3.05. The number of benzene rings is 2. The molecular formula is C22H21NO3S. The number of nitrogens with zero attached hydrogens (tertiary/aromatic N) is 1. The highest BCUT2D eigenvalue weighted by Gasteiger charge is 2.15. The molecule has 0 aliphatic carbocycles. The molecule has 0 fully saturated rings. The van der Waals surface area contributed by atoms with Gasteiger partial charge in [-0.15, -0.1) is 11.8 Å². The van der Waals surface area contributed by atoms with Crippen LogP contribution in [0.5, 0.6) is 5.75 Å². The number of hydrogen-bond acceptors (Lipinski definition) is 4. The number of thioether (sulfide) groups is 1. The number of carbonyl (C=O) groups excluding carboxylic acids is 1. The number of furan rings is 1. The van der Waals surface area contributed by atoms with Crippen LogP contribution in [0.4, 0.5) is 0 Å². The fraction of sp³-hybridized carbons (Fsp3) is 0.136. The van der Waals surface area contributed by atoms with Crippen LogP contribution in [0.2, 0.25) is 0 Å². The molecule has 138 valence electrons. The zero-order chi connectivity index (χ0) is 19.1. The first-order valence-electron chi connectivity index (χ1n) is 8.56. The van der Waals surface area contributed by atoms with Crippen molar-refractivity contribution in [2.45, 2.75) is 18.0 Å². The molecule has 3 rings (SSSR count). The molecule has 0 spiro atoms. The molecule has 0 bridgehead atoms. The standard InChI is InChI=1S/C22H21NO3S/c1-27-20-11-8-17(9-12-20)10-13-22(25)23(16-19-6-4-14-26-19)15-18-5-2-3-7-21(18)24/h2-14,24H,15-16H2,1H3/b13-10+. The smallest absolute Gasteiger partial charge is 0.247 e. The van der Waals surface area contributed by atoms with Crippen molar-refractivity contribution in [3.63, 3.8) is 0 Å². The van der Waals surface area contributed by atoms with E-state index in [0.29, 0.717) is 24.4 Å². The van der Waals surface area contributed by atoms with Gasteiger partial charge in [-0.1, -0.05) is 30.3 Å². The van der Waals surface area contributed by atoms with E-state index in [1.165, 1.54) is 4.90 Å². The second-order valence-electron chi connectivity index (χ2n) is 6.01. The molecule has 27 heavy (non-hydrogen) atoms. The van der Waals surface area contributed by atoms with Crippen molar-refractivity contribution >= 4 is 23.7 Å². The third-order valence-corrected chi connectivity index (χ3v) is 4.87. The summed E-state index contributed by atoms with van der Waals surface area (Å²) in [4.78, 5) is 15.6. The van der Waals surface area contributed by atoms with Crippen molar-refractivity contribution in [1.29, 1.82) is 0 Å². The zero-order valence-corrected chi connectivity index (χ0v) is 15.9. The normalized spacial score (nSPS) is 11.0. The monoisotopic (exact) mass is 379 g/mol. The van der Waals surface area contributed by atoms with E-state index in [1.54, 1.807) is 53.3 Å². The molecule has 1 aromatic heterocycles. The number of phenols is 1. The van der Waals surface area contributed by atoms with Gasteiger partial charge >= 0.3 is 0 Å². The molecule has 2 aromatic carbocycles. The van der Waals surface area contributed by atoms with Crippen molar-refractivity contribution in [1.82, 2.24) is 4.90 Å². The van der Waals surface area contributed by atoms with E-state index in [4.69, 9.17) is 4.42 Å². The number of rotatable bonds is 7. The molecule has 0 aliphatic rings. The Morgan fingerprint density at radius 2 is 1.85 bits per heavy atom. The molecule has 1 amide bonds. The number of hydrogen-bond donors (Lipinski definition) is 1. The molecule has 0 radical (unpaired) electrons. The second kappa shape index (κ2) is 9.14. The molecule has 5 heteroatoms. The quantitative estimate of drug-likeness (QED) is 0.466. The molecular weight excluding hydrogens is 358 g/mol. The third-order valence-electron chi connectivity index (χ3n) is 4.13. The Labute approximate surface area is 163 Å². The predicted octanol–water partition coefficient (Wildman–Crippen LogP) is 4.95. The van der Waals surface area contributed by atoms with Crippen molar-refractivity contribution in [2.75, 3.05) is 6.26 Å². The van der Waals surface area contributed by atoms with E-state index in [-0.39, 0.29) is 11.7 Å². The summed E-state index contributed by atoms with van der Waals surface area (Å²) < 4.78 is 5.39. The lowest BCUT2D eigenvalue weighted by molar-refractivity contribution is -0.127. The lowest BCUT2D eigenvalue weighted by Gasteiger charge is -2.21. The zero-order valence-electron chi connectivity index (χ0n) is 15.0. The molecule has 0 saturated heterocycles. The van der Waals surface area contributed by atoms with Crippen LogP contribution in [0, 0.1) is 0 Å². The minimum absolute atomic E-state index is 0.149. The van der Waals surface area contributed by atoms with Crippen LogP contribution >= 0.6 is 11.8 Å². The minimum Gasteiger partial charge on any atom is -0.508 e. The van der Waals surface area contributed by atoms with E-state index in [0.717, 1.165) is 5.56 Å². The van der Waals surface area contributed by atoms with Gasteiger partial charge in [0.1, 0.15) is 11.5 Å². The molecule has 1 heterocycles. The summed E-state index contributed by atoms with van der Waals surface area (Å²) in [6.07, 6.45) is 6.96. The van der Waals surface area contributed by atoms with E-state index in [1.807, 2.05) is 48.7 Å². The average Bonchev–Trinajstić information content (AvgIpc) is 3.21. The van der Waals surface area contributed by atoms with Crippen LogP contribution in [0.25, 0.3) is 6.08 Å². The van der Waals surface area contributed by atoms with Gasteiger partial charge in [0, 0.05) is 16.5 Å². The molecule has 0 atom stereocenters. The number of para-hydroxylation sites is 1. The van der Waals surface area contributed by atoms with E-state index in [9.17, 15) is 9.90 Å². The summed E-state index contributed by atoms with van der Waals surface area (Å²) in [6.45, 7) is 0.623. The molecule has 0 saturated carbocycles. The first-order chi connectivity index (χ1) is 13.2. The van der Waals surface area contributed by atoms with Crippen LogP contribution in [0.3, 0.4) is 0 Å². The Balaban J connectivity index is 1.77. The lowest BCUT2D eigenvalue weighted by atomic mass is 10.1. The average molecular weight is 379 g/mol. The van der Waals surface area contributed by atoms with Crippen molar-refractivity contribution < 1.29 is 14.3 Å². The molecule has 3 aromatic rings. The van der Waals surface area contributed by atoms with Gasteiger partial charge in [0.15, 0.2) is 0 Å².